The van der Waals surface area contributed by atoms with Gasteiger partial charge in [0.1, 0.15) is 0 Å². The minimum atomic E-state index is -0.350. The molecule has 5 heteroatoms. The molecule has 0 spiro atoms. The maximum atomic E-state index is 11.9. The number of rotatable bonds is 7. The molecular formula is C13H26N2O3. The molecule has 0 radical (unpaired) electrons. The molecule has 0 bridgehead atoms. The van der Waals surface area contributed by atoms with Crippen molar-refractivity contribution < 1.29 is 14.3 Å². The molecule has 0 aromatic heterocycles. The van der Waals surface area contributed by atoms with Crippen molar-refractivity contribution in [1.82, 2.24) is 10.2 Å². The van der Waals surface area contributed by atoms with E-state index >= 15 is 0 Å². The van der Waals surface area contributed by atoms with Crippen LogP contribution in [0.2, 0.25) is 0 Å². The summed E-state index contributed by atoms with van der Waals surface area (Å²) in [6.07, 6.45) is 0. The van der Waals surface area contributed by atoms with Gasteiger partial charge in [-0.15, -0.1) is 0 Å². The van der Waals surface area contributed by atoms with Gasteiger partial charge in [-0.1, -0.05) is 0 Å². The van der Waals surface area contributed by atoms with Crippen LogP contribution >= 0.6 is 0 Å². The maximum absolute atomic E-state index is 11.9. The quantitative estimate of drug-likeness (QED) is 0.697. The number of ether oxygens (including phenoxy) is 1. The van der Waals surface area contributed by atoms with Gasteiger partial charge in [0, 0.05) is 12.1 Å². The Hall–Kier alpha value is -1.10. The summed E-state index contributed by atoms with van der Waals surface area (Å²) in [5.74, 6) is -0.363. The number of carbonyl (C=O) groups is 2. The van der Waals surface area contributed by atoms with E-state index in [9.17, 15) is 9.59 Å². The molecule has 0 aromatic rings. The Labute approximate surface area is 110 Å². The summed E-state index contributed by atoms with van der Waals surface area (Å²) < 4.78 is 4.92. The number of esters is 1. The normalized spacial score (nSPS) is 12.9. The summed E-state index contributed by atoms with van der Waals surface area (Å²) >= 11 is 0. The zero-order chi connectivity index (χ0) is 14.3. The van der Waals surface area contributed by atoms with Gasteiger partial charge < -0.3 is 10.1 Å². The Bertz CT molecular complexity index is 277. The van der Waals surface area contributed by atoms with Gasteiger partial charge in [0.25, 0.3) is 0 Å². The number of nitrogens with zero attached hydrogens (tertiary/aromatic N) is 1. The minimum Gasteiger partial charge on any atom is -0.465 e. The average molecular weight is 258 g/mol. The first-order valence-corrected chi connectivity index (χ1v) is 6.51. The number of amides is 1. The van der Waals surface area contributed by atoms with Crippen LogP contribution in [0.1, 0.15) is 41.5 Å². The number of hydrogen-bond donors (Lipinski definition) is 1. The first kappa shape index (κ1) is 16.9. The van der Waals surface area contributed by atoms with Crippen molar-refractivity contribution in [2.24, 2.45) is 0 Å². The second-order valence-corrected chi connectivity index (χ2v) is 4.91. The molecule has 1 amide bonds. The molecule has 1 unspecified atom stereocenters. The van der Waals surface area contributed by atoms with Crippen molar-refractivity contribution in [3.63, 3.8) is 0 Å². The largest absolute Gasteiger partial charge is 0.465 e. The molecule has 1 N–H and O–H groups in total. The van der Waals surface area contributed by atoms with E-state index in [1.807, 2.05) is 32.6 Å². The number of carbonyl (C=O) groups excluding carboxylic acids is 2. The summed E-state index contributed by atoms with van der Waals surface area (Å²) in [5, 5.41) is 2.85. The molecule has 18 heavy (non-hydrogen) atoms. The van der Waals surface area contributed by atoms with E-state index in [-0.39, 0.29) is 36.5 Å². The van der Waals surface area contributed by atoms with Crippen LogP contribution in [0.4, 0.5) is 0 Å². The highest BCUT2D eigenvalue weighted by molar-refractivity contribution is 5.82. The number of hydrogen-bond acceptors (Lipinski definition) is 4. The summed E-state index contributed by atoms with van der Waals surface area (Å²) in [5.41, 5.74) is 0. The van der Waals surface area contributed by atoms with Crippen molar-refractivity contribution in [1.29, 1.82) is 0 Å². The second-order valence-electron chi connectivity index (χ2n) is 4.91. The van der Waals surface area contributed by atoms with E-state index in [0.717, 1.165) is 0 Å². The molecule has 5 nitrogen and oxygen atoms in total. The van der Waals surface area contributed by atoms with Gasteiger partial charge in [0.15, 0.2) is 0 Å². The third-order valence-corrected chi connectivity index (χ3v) is 2.59. The van der Waals surface area contributed by atoms with Gasteiger partial charge in [-0.3, -0.25) is 14.5 Å². The van der Waals surface area contributed by atoms with Crippen molar-refractivity contribution in [2.75, 3.05) is 13.2 Å². The van der Waals surface area contributed by atoms with Crippen LogP contribution in [0.3, 0.4) is 0 Å². The molecule has 0 rings (SSSR count). The summed E-state index contributed by atoms with van der Waals surface area (Å²) in [6.45, 7) is 11.8. The third-order valence-electron chi connectivity index (χ3n) is 2.59. The fraction of sp³-hybridized carbons (Fsp3) is 0.846. The lowest BCUT2D eigenvalue weighted by Gasteiger charge is -2.31. The van der Waals surface area contributed by atoms with Gasteiger partial charge in [-0.05, 0) is 41.5 Å². The lowest BCUT2D eigenvalue weighted by Crippen LogP contribution is -2.51. The van der Waals surface area contributed by atoms with Gasteiger partial charge in [0.2, 0.25) is 5.91 Å². The molecule has 1 atom stereocenters. The molecule has 0 aliphatic rings. The molecular weight excluding hydrogens is 232 g/mol. The van der Waals surface area contributed by atoms with Gasteiger partial charge in [-0.2, -0.15) is 0 Å². The Kier molecular flexibility index (Phi) is 7.59. The first-order chi connectivity index (χ1) is 8.29. The highest BCUT2D eigenvalue weighted by atomic mass is 16.5. The van der Waals surface area contributed by atoms with Gasteiger partial charge in [0.05, 0.1) is 19.2 Å². The standard InChI is InChI=1S/C13H26N2O3/c1-7-18-12(16)8-15(10(4)5)11(6)13(17)14-9(2)3/h9-11H,7-8H2,1-6H3,(H,14,17). The van der Waals surface area contributed by atoms with Crippen molar-refractivity contribution >= 4 is 11.9 Å². The van der Waals surface area contributed by atoms with E-state index in [2.05, 4.69) is 5.32 Å². The zero-order valence-electron chi connectivity index (χ0n) is 12.3. The highest BCUT2D eigenvalue weighted by Gasteiger charge is 2.26. The molecule has 0 aromatic carbocycles. The van der Waals surface area contributed by atoms with Crippen LogP contribution in [0.5, 0.6) is 0 Å². The van der Waals surface area contributed by atoms with Crippen LogP contribution in [0.15, 0.2) is 0 Å². The Morgan fingerprint density at radius 3 is 2.11 bits per heavy atom. The zero-order valence-corrected chi connectivity index (χ0v) is 12.3. The molecule has 106 valence electrons. The predicted octanol–water partition coefficient (Wildman–Crippen LogP) is 1.17. The molecule has 0 aliphatic heterocycles. The topological polar surface area (TPSA) is 58.6 Å². The van der Waals surface area contributed by atoms with Crippen LogP contribution in [0, 0.1) is 0 Å². The van der Waals surface area contributed by atoms with Crippen molar-refractivity contribution in [3.8, 4) is 0 Å². The Balaban J connectivity index is 4.58. The highest BCUT2D eigenvalue weighted by Crippen LogP contribution is 2.06. The smallest absolute Gasteiger partial charge is 0.320 e. The Morgan fingerprint density at radius 2 is 1.72 bits per heavy atom. The summed E-state index contributed by atoms with van der Waals surface area (Å²) in [6, 6.07) is -0.157. The predicted molar refractivity (Wildman–Crippen MR) is 71.2 cm³/mol. The first-order valence-electron chi connectivity index (χ1n) is 6.51. The van der Waals surface area contributed by atoms with Crippen LogP contribution in [-0.4, -0.2) is 48.1 Å². The van der Waals surface area contributed by atoms with E-state index in [4.69, 9.17) is 4.74 Å². The average Bonchev–Trinajstić information content (AvgIpc) is 2.24. The van der Waals surface area contributed by atoms with E-state index in [1.54, 1.807) is 13.8 Å². The summed E-state index contributed by atoms with van der Waals surface area (Å²) in [4.78, 5) is 25.3. The lowest BCUT2D eigenvalue weighted by atomic mass is 10.2. The lowest BCUT2D eigenvalue weighted by molar-refractivity contribution is -0.146. The SMILES string of the molecule is CCOC(=O)CN(C(C)C)C(C)C(=O)NC(C)C. The maximum Gasteiger partial charge on any atom is 0.320 e. The molecule has 0 heterocycles. The number of nitrogens with one attached hydrogen (secondary N) is 1. The van der Waals surface area contributed by atoms with Crippen LogP contribution in [-0.2, 0) is 14.3 Å². The second kappa shape index (κ2) is 8.08. The van der Waals surface area contributed by atoms with Gasteiger partial charge >= 0.3 is 5.97 Å². The van der Waals surface area contributed by atoms with Crippen molar-refractivity contribution in [3.05, 3.63) is 0 Å². The van der Waals surface area contributed by atoms with E-state index < -0.39 is 0 Å². The fourth-order valence-electron chi connectivity index (χ4n) is 1.68. The fourth-order valence-corrected chi connectivity index (χ4v) is 1.68. The van der Waals surface area contributed by atoms with Crippen LogP contribution in [0.25, 0.3) is 0 Å². The summed E-state index contributed by atoms with van der Waals surface area (Å²) in [7, 11) is 0. The third kappa shape index (κ3) is 6.00. The van der Waals surface area contributed by atoms with Crippen molar-refractivity contribution in [2.45, 2.75) is 59.7 Å². The van der Waals surface area contributed by atoms with Crippen LogP contribution < -0.4 is 5.32 Å². The monoisotopic (exact) mass is 258 g/mol. The molecule has 0 aliphatic carbocycles. The Morgan fingerprint density at radius 1 is 1.17 bits per heavy atom. The molecule has 0 saturated heterocycles. The van der Waals surface area contributed by atoms with E-state index in [1.165, 1.54) is 0 Å². The van der Waals surface area contributed by atoms with Gasteiger partial charge in [-0.25, -0.2) is 0 Å². The van der Waals surface area contributed by atoms with E-state index in [0.29, 0.717) is 6.61 Å². The molecule has 0 fully saturated rings. The molecule has 0 saturated carbocycles. The minimum absolute atomic E-state index is 0.0667.